The number of nitrogens with one attached hydrogen (secondary N) is 1. The third kappa shape index (κ3) is 2.92. The molecule has 1 aliphatic rings. The second-order valence-electron chi connectivity index (χ2n) is 6.00. The molecule has 21 heavy (non-hydrogen) atoms. The van der Waals surface area contributed by atoms with Gasteiger partial charge in [0.1, 0.15) is 5.52 Å². The Labute approximate surface area is 130 Å². The van der Waals surface area contributed by atoms with E-state index in [4.69, 9.17) is 12.2 Å². The molecule has 0 radical (unpaired) electrons. The Morgan fingerprint density at radius 1 is 1.19 bits per heavy atom. The van der Waals surface area contributed by atoms with E-state index in [1.807, 2.05) is 11.7 Å². The Morgan fingerprint density at radius 2 is 1.95 bits per heavy atom. The van der Waals surface area contributed by atoms with Gasteiger partial charge in [0.2, 0.25) is 0 Å². The van der Waals surface area contributed by atoms with Crippen molar-refractivity contribution in [2.45, 2.75) is 45.6 Å². The van der Waals surface area contributed by atoms with E-state index in [0.717, 1.165) is 47.6 Å². The molecule has 0 amide bonds. The van der Waals surface area contributed by atoms with Gasteiger partial charge in [-0.1, -0.05) is 19.8 Å². The van der Waals surface area contributed by atoms with Gasteiger partial charge in [0.25, 0.3) is 0 Å². The van der Waals surface area contributed by atoms with Crippen molar-refractivity contribution < 1.29 is 0 Å². The number of aryl methyl sites for hydroxylation is 2. The van der Waals surface area contributed by atoms with E-state index in [-0.39, 0.29) is 0 Å². The van der Waals surface area contributed by atoms with Crippen molar-refractivity contribution in [3.63, 3.8) is 0 Å². The fraction of sp³-hybridized carbons (Fsp3) is 0.733. The van der Waals surface area contributed by atoms with Crippen LogP contribution in [0.3, 0.4) is 0 Å². The van der Waals surface area contributed by atoms with Crippen LogP contribution >= 0.6 is 12.2 Å². The summed E-state index contributed by atoms with van der Waals surface area (Å²) in [5, 5.41) is 4.64. The number of H-pyrrole nitrogens is 1. The SMILES string of the molecule is CCCc1nn(C)c2c1[nH]c(=S)n2CCN1CCCCC1. The summed E-state index contributed by atoms with van der Waals surface area (Å²) in [6.45, 7) is 6.67. The Morgan fingerprint density at radius 3 is 2.67 bits per heavy atom. The van der Waals surface area contributed by atoms with Gasteiger partial charge in [-0.2, -0.15) is 5.10 Å². The van der Waals surface area contributed by atoms with E-state index >= 15 is 0 Å². The molecule has 2 aromatic rings. The Hall–Kier alpha value is -1.14. The van der Waals surface area contributed by atoms with Crippen LogP contribution in [0.25, 0.3) is 11.2 Å². The van der Waals surface area contributed by atoms with Gasteiger partial charge in [0.15, 0.2) is 10.4 Å². The van der Waals surface area contributed by atoms with Crippen LogP contribution in [0.5, 0.6) is 0 Å². The molecule has 0 bridgehead atoms. The molecule has 1 aliphatic heterocycles. The molecule has 116 valence electrons. The molecule has 2 aromatic heterocycles. The lowest BCUT2D eigenvalue weighted by atomic mass is 10.1. The fourth-order valence-electron chi connectivity index (χ4n) is 3.32. The van der Waals surface area contributed by atoms with Crippen molar-refractivity contribution >= 4 is 23.4 Å². The summed E-state index contributed by atoms with van der Waals surface area (Å²) >= 11 is 5.52. The minimum absolute atomic E-state index is 0.826. The van der Waals surface area contributed by atoms with Crippen LogP contribution in [0.1, 0.15) is 38.3 Å². The van der Waals surface area contributed by atoms with Crippen molar-refractivity contribution in [1.29, 1.82) is 0 Å². The molecule has 0 aliphatic carbocycles. The zero-order chi connectivity index (χ0) is 14.8. The highest BCUT2D eigenvalue weighted by atomic mass is 32.1. The number of likely N-dealkylation sites (tertiary alicyclic amines) is 1. The van der Waals surface area contributed by atoms with Gasteiger partial charge in [-0.3, -0.25) is 4.68 Å². The topological polar surface area (TPSA) is 41.8 Å². The normalized spacial score (nSPS) is 16.9. The van der Waals surface area contributed by atoms with E-state index < -0.39 is 0 Å². The Balaban J connectivity index is 1.84. The van der Waals surface area contributed by atoms with Crippen molar-refractivity contribution in [2.24, 2.45) is 7.05 Å². The average molecular weight is 307 g/mol. The molecule has 0 unspecified atom stereocenters. The first-order valence-corrected chi connectivity index (χ1v) is 8.48. The molecule has 3 rings (SSSR count). The summed E-state index contributed by atoms with van der Waals surface area (Å²) in [6.07, 6.45) is 6.15. The first-order valence-electron chi connectivity index (χ1n) is 8.07. The van der Waals surface area contributed by atoms with Gasteiger partial charge in [-0.05, 0) is 44.6 Å². The van der Waals surface area contributed by atoms with Crippen LogP contribution in [0.2, 0.25) is 0 Å². The zero-order valence-corrected chi connectivity index (χ0v) is 13.9. The molecule has 0 atom stereocenters. The number of nitrogens with zero attached hydrogens (tertiary/aromatic N) is 4. The van der Waals surface area contributed by atoms with Gasteiger partial charge in [-0.25, -0.2) is 0 Å². The quantitative estimate of drug-likeness (QED) is 0.864. The van der Waals surface area contributed by atoms with Gasteiger partial charge in [0, 0.05) is 20.1 Å². The molecule has 5 nitrogen and oxygen atoms in total. The van der Waals surface area contributed by atoms with Crippen molar-refractivity contribution in [2.75, 3.05) is 19.6 Å². The summed E-state index contributed by atoms with van der Waals surface area (Å²) in [6, 6.07) is 0. The standard InChI is InChI=1S/C15H25N5S/c1-3-7-12-13-14(18(2)17-12)20(15(21)16-13)11-10-19-8-5-4-6-9-19/h3-11H2,1-2H3,(H,16,21). The van der Waals surface area contributed by atoms with Crippen LogP contribution < -0.4 is 0 Å². The maximum Gasteiger partial charge on any atom is 0.179 e. The van der Waals surface area contributed by atoms with Gasteiger partial charge >= 0.3 is 0 Å². The highest BCUT2D eigenvalue weighted by molar-refractivity contribution is 7.71. The molecule has 6 heteroatoms. The highest BCUT2D eigenvalue weighted by Gasteiger charge is 2.16. The average Bonchev–Trinajstić information content (AvgIpc) is 2.96. The van der Waals surface area contributed by atoms with E-state index in [2.05, 4.69) is 26.5 Å². The highest BCUT2D eigenvalue weighted by Crippen LogP contribution is 2.19. The predicted molar refractivity (Wildman–Crippen MR) is 88.2 cm³/mol. The number of imidazole rings is 1. The predicted octanol–water partition coefficient (Wildman–Crippen LogP) is 2.87. The van der Waals surface area contributed by atoms with E-state index in [9.17, 15) is 0 Å². The van der Waals surface area contributed by atoms with Crippen LogP contribution in [0.15, 0.2) is 0 Å². The second-order valence-corrected chi connectivity index (χ2v) is 6.39. The van der Waals surface area contributed by atoms with Crippen LogP contribution in [-0.4, -0.2) is 43.9 Å². The summed E-state index contributed by atoms with van der Waals surface area (Å²) in [5.74, 6) is 0. The molecule has 1 saturated heterocycles. The fourth-order valence-corrected chi connectivity index (χ4v) is 3.60. The summed E-state index contributed by atoms with van der Waals surface area (Å²) in [5.41, 5.74) is 3.40. The number of hydrogen-bond donors (Lipinski definition) is 1. The monoisotopic (exact) mass is 307 g/mol. The number of aromatic nitrogens is 4. The van der Waals surface area contributed by atoms with Gasteiger partial charge in [0.05, 0.1) is 5.69 Å². The minimum Gasteiger partial charge on any atom is -0.328 e. The molecule has 0 saturated carbocycles. The minimum atomic E-state index is 0.826. The molecular weight excluding hydrogens is 282 g/mol. The van der Waals surface area contributed by atoms with Crippen molar-refractivity contribution in [3.05, 3.63) is 10.5 Å². The molecular formula is C15H25N5S. The number of rotatable bonds is 5. The maximum atomic E-state index is 5.52. The largest absolute Gasteiger partial charge is 0.328 e. The Bertz CT molecular complexity index is 659. The third-order valence-electron chi connectivity index (χ3n) is 4.40. The number of aromatic amines is 1. The van der Waals surface area contributed by atoms with E-state index in [1.54, 1.807) is 0 Å². The molecule has 1 fully saturated rings. The summed E-state index contributed by atoms with van der Waals surface area (Å²) in [4.78, 5) is 5.91. The first kappa shape index (κ1) is 14.8. The molecule has 0 spiro atoms. The van der Waals surface area contributed by atoms with Crippen LogP contribution in [0.4, 0.5) is 0 Å². The number of hydrogen-bond acceptors (Lipinski definition) is 3. The lowest BCUT2D eigenvalue weighted by Crippen LogP contribution is -2.32. The Kier molecular flexibility index (Phi) is 4.45. The van der Waals surface area contributed by atoms with Crippen LogP contribution in [-0.2, 0) is 20.0 Å². The second kappa shape index (κ2) is 6.32. The van der Waals surface area contributed by atoms with Gasteiger partial charge < -0.3 is 14.5 Å². The third-order valence-corrected chi connectivity index (χ3v) is 4.72. The zero-order valence-electron chi connectivity index (χ0n) is 13.1. The number of fused-ring (bicyclic) bond motifs is 1. The lowest BCUT2D eigenvalue weighted by molar-refractivity contribution is 0.221. The first-order chi connectivity index (χ1) is 10.2. The maximum absolute atomic E-state index is 5.52. The summed E-state index contributed by atoms with van der Waals surface area (Å²) in [7, 11) is 2.02. The van der Waals surface area contributed by atoms with E-state index in [0.29, 0.717) is 0 Å². The molecule has 3 heterocycles. The van der Waals surface area contributed by atoms with E-state index in [1.165, 1.54) is 32.4 Å². The lowest BCUT2D eigenvalue weighted by Gasteiger charge is -2.26. The smallest absolute Gasteiger partial charge is 0.179 e. The molecule has 1 N–H and O–H groups in total. The van der Waals surface area contributed by atoms with Gasteiger partial charge in [-0.15, -0.1) is 0 Å². The van der Waals surface area contributed by atoms with Crippen molar-refractivity contribution in [3.8, 4) is 0 Å². The van der Waals surface area contributed by atoms with Crippen molar-refractivity contribution in [1.82, 2.24) is 24.2 Å². The summed E-state index contributed by atoms with van der Waals surface area (Å²) < 4.78 is 5.02. The number of piperidine rings is 1. The molecule has 0 aromatic carbocycles. The van der Waals surface area contributed by atoms with Crippen LogP contribution in [0, 0.1) is 4.77 Å².